The highest BCUT2D eigenvalue weighted by molar-refractivity contribution is 6.30. The minimum Gasteiger partial charge on any atom is -0.496 e. The Kier molecular flexibility index (Phi) is 4.22. The van der Waals surface area contributed by atoms with Crippen LogP contribution < -0.4 is 10.1 Å². The van der Waals surface area contributed by atoms with Crippen molar-refractivity contribution in [3.63, 3.8) is 0 Å². The topological polar surface area (TPSA) is 38.3 Å². The second-order valence-corrected chi connectivity index (χ2v) is 5.75. The molecule has 0 saturated carbocycles. The predicted molar refractivity (Wildman–Crippen MR) is 94.6 cm³/mol. The molecular formula is C19H16ClNO2. The number of aryl methyl sites for hydroxylation is 1. The van der Waals surface area contributed by atoms with E-state index in [2.05, 4.69) is 5.32 Å². The number of ether oxygens (including phenoxy) is 1. The fourth-order valence-corrected chi connectivity index (χ4v) is 2.75. The Bertz CT molecular complexity index is 890. The van der Waals surface area contributed by atoms with Crippen LogP contribution >= 0.6 is 11.6 Å². The zero-order valence-electron chi connectivity index (χ0n) is 12.9. The van der Waals surface area contributed by atoms with Crippen molar-refractivity contribution in [2.45, 2.75) is 6.92 Å². The van der Waals surface area contributed by atoms with Crippen LogP contribution in [0, 0.1) is 6.92 Å². The lowest BCUT2D eigenvalue weighted by Gasteiger charge is -2.12. The van der Waals surface area contributed by atoms with E-state index in [1.54, 1.807) is 19.2 Å². The van der Waals surface area contributed by atoms with Gasteiger partial charge in [0, 0.05) is 10.7 Å². The van der Waals surface area contributed by atoms with Gasteiger partial charge in [-0.05, 0) is 53.6 Å². The van der Waals surface area contributed by atoms with Gasteiger partial charge in [0.1, 0.15) is 5.75 Å². The molecule has 3 aromatic rings. The summed E-state index contributed by atoms with van der Waals surface area (Å²) in [4.78, 5) is 12.7. The van der Waals surface area contributed by atoms with Crippen molar-refractivity contribution < 1.29 is 9.53 Å². The van der Waals surface area contributed by atoms with E-state index < -0.39 is 0 Å². The number of benzene rings is 3. The Hall–Kier alpha value is -2.52. The number of fused-ring (bicyclic) bond motifs is 1. The second-order valence-electron chi connectivity index (χ2n) is 5.31. The average molecular weight is 326 g/mol. The Morgan fingerprint density at radius 1 is 1.04 bits per heavy atom. The summed E-state index contributed by atoms with van der Waals surface area (Å²) in [6, 6.07) is 16.9. The molecule has 0 fully saturated rings. The first-order valence-electron chi connectivity index (χ1n) is 7.23. The van der Waals surface area contributed by atoms with E-state index in [0.29, 0.717) is 16.3 Å². The third-order valence-electron chi connectivity index (χ3n) is 3.75. The fourth-order valence-electron chi connectivity index (χ4n) is 2.52. The van der Waals surface area contributed by atoms with Gasteiger partial charge in [0.2, 0.25) is 0 Å². The first kappa shape index (κ1) is 15.4. The first-order chi connectivity index (χ1) is 11.1. The molecule has 116 valence electrons. The quantitative estimate of drug-likeness (QED) is 0.730. The van der Waals surface area contributed by atoms with Gasteiger partial charge >= 0.3 is 0 Å². The minimum atomic E-state index is -0.210. The highest BCUT2D eigenvalue weighted by Gasteiger charge is 2.14. The standard InChI is InChI=1S/C19H16ClNO2/c1-12-9-15(20)7-8-17(12)21-19(22)16-10-13-5-3-4-6-14(13)11-18(16)23-2/h3-11H,1-2H3,(H,21,22). The van der Waals surface area contributed by atoms with Crippen LogP contribution in [0.1, 0.15) is 15.9 Å². The number of carbonyl (C=O) groups excluding carboxylic acids is 1. The molecule has 4 heteroatoms. The number of methoxy groups -OCH3 is 1. The maximum Gasteiger partial charge on any atom is 0.259 e. The normalized spacial score (nSPS) is 10.6. The molecule has 0 unspecified atom stereocenters. The molecule has 0 spiro atoms. The number of hydrogen-bond acceptors (Lipinski definition) is 2. The number of nitrogens with one attached hydrogen (secondary N) is 1. The molecule has 0 aliphatic carbocycles. The van der Waals surface area contributed by atoms with Gasteiger partial charge in [0.25, 0.3) is 5.91 Å². The Balaban J connectivity index is 1.99. The van der Waals surface area contributed by atoms with E-state index in [-0.39, 0.29) is 5.91 Å². The number of anilines is 1. The molecule has 1 N–H and O–H groups in total. The van der Waals surface area contributed by atoms with Gasteiger partial charge < -0.3 is 10.1 Å². The summed E-state index contributed by atoms with van der Waals surface area (Å²) >= 11 is 5.95. The lowest BCUT2D eigenvalue weighted by atomic mass is 10.0. The van der Waals surface area contributed by atoms with Crippen LogP contribution in [0.15, 0.2) is 54.6 Å². The van der Waals surface area contributed by atoms with E-state index in [4.69, 9.17) is 16.3 Å². The highest BCUT2D eigenvalue weighted by Crippen LogP contribution is 2.27. The van der Waals surface area contributed by atoms with Crippen molar-refractivity contribution in [2.24, 2.45) is 0 Å². The van der Waals surface area contributed by atoms with Crippen molar-refractivity contribution in [3.8, 4) is 5.75 Å². The van der Waals surface area contributed by atoms with Crippen LogP contribution in [0.3, 0.4) is 0 Å². The zero-order valence-corrected chi connectivity index (χ0v) is 13.6. The van der Waals surface area contributed by atoms with E-state index in [1.165, 1.54) is 0 Å². The van der Waals surface area contributed by atoms with Crippen LogP contribution in [0.25, 0.3) is 10.8 Å². The molecule has 0 bridgehead atoms. The van der Waals surface area contributed by atoms with E-state index in [9.17, 15) is 4.79 Å². The molecule has 0 atom stereocenters. The van der Waals surface area contributed by atoms with Crippen molar-refractivity contribution >= 4 is 34.0 Å². The summed E-state index contributed by atoms with van der Waals surface area (Å²) < 4.78 is 5.38. The summed E-state index contributed by atoms with van der Waals surface area (Å²) in [5.74, 6) is 0.339. The fraction of sp³-hybridized carbons (Fsp3) is 0.105. The lowest BCUT2D eigenvalue weighted by Crippen LogP contribution is -2.14. The number of hydrogen-bond donors (Lipinski definition) is 1. The average Bonchev–Trinajstić information content (AvgIpc) is 2.56. The van der Waals surface area contributed by atoms with Gasteiger partial charge in [-0.3, -0.25) is 4.79 Å². The molecule has 3 aromatic carbocycles. The molecule has 0 aromatic heterocycles. The third kappa shape index (κ3) is 3.15. The maximum absolute atomic E-state index is 12.7. The monoisotopic (exact) mass is 325 g/mol. The van der Waals surface area contributed by atoms with Crippen LogP contribution in [0.5, 0.6) is 5.75 Å². The summed E-state index contributed by atoms with van der Waals surface area (Å²) in [6.45, 7) is 1.90. The van der Waals surface area contributed by atoms with E-state index >= 15 is 0 Å². The number of rotatable bonds is 3. The van der Waals surface area contributed by atoms with Gasteiger partial charge in [-0.25, -0.2) is 0 Å². The highest BCUT2D eigenvalue weighted by atomic mass is 35.5. The summed E-state index contributed by atoms with van der Waals surface area (Å²) in [7, 11) is 1.56. The van der Waals surface area contributed by atoms with Crippen LogP contribution in [-0.4, -0.2) is 13.0 Å². The molecule has 3 nitrogen and oxygen atoms in total. The summed E-state index contributed by atoms with van der Waals surface area (Å²) in [5, 5.41) is 5.58. The largest absolute Gasteiger partial charge is 0.496 e. The zero-order chi connectivity index (χ0) is 16.4. The molecule has 0 aliphatic heterocycles. The third-order valence-corrected chi connectivity index (χ3v) is 3.98. The number of amides is 1. The van der Waals surface area contributed by atoms with Gasteiger partial charge in [-0.2, -0.15) is 0 Å². The van der Waals surface area contributed by atoms with Gasteiger partial charge in [0.15, 0.2) is 0 Å². The molecule has 0 aliphatic rings. The molecule has 0 saturated heterocycles. The van der Waals surface area contributed by atoms with Crippen LogP contribution in [0.2, 0.25) is 5.02 Å². The lowest BCUT2D eigenvalue weighted by molar-refractivity contribution is 0.102. The van der Waals surface area contributed by atoms with Gasteiger partial charge in [-0.15, -0.1) is 0 Å². The van der Waals surface area contributed by atoms with E-state index in [1.807, 2.05) is 49.4 Å². The minimum absolute atomic E-state index is 0.210. The smallest absolute Gasteiger partial charge is 0.259 e. The summed E-state index contributed by atoms with van der Waals surface area (Å²) in [6.07, 6.45) is 0. The Morgan fingerprint density at radius 2 is 1.74 bits per heavy atom. The molecule has 0 radical (unpaired) electrons. The SMILES string of the molecule is COc1cc2ccccc2cc1C(=O)Nc1ccc(Cl)cc1C. The van der Waals surface area contributed by atoms with Crippen LogP contribution in [-0.2, 0) is 0 Å². The van der Waals surface area contributed by atoms with Crippen molar-refractivity contribution in [2.75, 3.05) is 12.4 Å². The maximum atomic E-state index is 12.7. The molecule has 0 heterocycles. The number of halogens is 1. The molecule has 23 heavy (non-hydrogen) atoms. The van der Waals surface area contributed by atoms with Crippen molar-refractivity contribution in [1.82, 2.24) is 0 Å². The molecule has 3 rings (SSSR count). The molecular weight excluding hydrogens is 310 g/mol. The van der Waals surface area contributed by atoms with Crippen LogP contribution in [0.4, 0.5) is 5.69 Å². The Labute approximate surface area is 139 Å². The van der Waals surface area contributed by atoms with Gasteiger partial charge in [0.05, 0.1) is 12.7 Å². The van der Waals surface area contributed by atoms with Gasteiger partial charge in [-0.1, -0.05) is 35.9 Å². The first-order valence-corrected chi connectivity index (χ1v) is 7.60. The number of carbonyl (C=O) groups is 1. The van der Waals surface area contributed by atoms with E-state index in [0.717, 1.165) is 22.0 Å². The Morgan fingerprint density at radius 3 is 2.39 bits per heavy atom. The second kappa shape index (κ2) is 6.31. The van der Waals surface area contributed by atoms with Crippen molar-refractivity contribution in [3.05, 3.63) is 70.7 Å². The van der Waals surface area contributed by atoms with Crippen molar-refractivity contribution in [1.29, 1.82) is 0 Å². The molecule has 1 amide bonds. The summed E-state index contributed by atoms with van der Waals surface area (Å²) in [5.41, 5.74) is 2.14. The predicted octanol–water partition coefficient (Wildman–Crippen LogP) is 5.06.